The lowest BCUT2D eigenvalue weighted by molar-refractivity contribution is -0.130. The number of Topliss-reactive ketones (excluding diaryl/α,β-unsaturated/α-hetero) is 1. The Labute approximate surface area is 72.5 Å². The Bertz CT molecular complexity index is 173. The Morgan fingerprint density at radius 2 is 2.33 bits per heavy atom. The molecule has 0 bridgehead atoms. The van der Waals surface area contributed by atoms with E-state index in [1.54, 1.807) is 0 Å². The molecule has 1 saturated heterocycles. The predicted octanol–water partition coefficient (Wildman–Crippen LogP) is 1.30. The summed E-state index contributed by atoms with van der Waals surface area (Å²) in [7, 11) is 0. The minimum atomic E-state index is -1.57. The molecule has 12 heavy (non-hydrogen) atoms. The Hall–Kier alpha value is -0.440. The highest BCUT2D eigenvalue weighted by Crippen LogP contribution is 2.23. The van der Waals surface area contributed by atoms with Crippen LogP contribution in [0.5, 0.6) is 0 Å². The number of carbonyl (C=O) groups is 1. The molecule has 1 aliphatic heterocycles. The van der Waals surface area contributed by atoms with Crippen LogP contribution in [-0.4, -0.2) is 24.5 Å². The second-order valence-corrected chi connectivity index (χ2v) is 3.91. The molecule has 3 heteroatoms. The van der Waals surface area contributed by atoms with E-state index in [1.165, 1.54) is 0 Å². The van der Waals surface area contributed by atoms with Gasteiger partial charge >= 0.3 is 0 Å². The number of alkyl halides is 1. The zero-order valence-electron chi connectivity index (χ0n) is 7.69. The van der Waals surface area contributed by atoms with Gasteiger partial charge in [0, 0.05) is 19.4 Å². The molecule has 1 aliphatic rings. The number of hydrogen-bond acceptors (Lipinski definition) is 2. The van der Waals surface area contributed by atoms with Crippen molar-refractivity contribution in [2.24, 2.45) is 5.92 Å². The first-order chi connectivity index (χ1) is 5.54. The predicted molar refractivity (Wildman–Crippen MR) is 45.8 cm³/mol. The summed E-state index contributed by atoms with van der Waals surface area (Å²) >= 11 is 0. The molecule has 0 spiro atoms. The number of halogens is 1. The van der Waals surface area contributed by atoms with Crippen molar-refractivity contribution in [1.29, 1.82) is 0 Å². The maximum Gasteiger partial charge on any atom is 0.182 e. The van der Waals surface area contributed by atoms with Crippen LogP contribution in [0.3, 0.4) is 0 Å². The van der Waals surface area contributed by atoms with E-state index >= 15 is 0 Å². The van der Waals surface area contributed by atoms with Gasteiger partial charge in [0.05, 0.1) is 0 Å². The van der Waals surface area contributed by atoms with Crippen molar-refractivity contribution in [2.45, 2.75) is 32.4 Å². The Morgan fingerprint density at radius 3 is 2.75 bits per heavy atom. The van der Waals surface area contributed by atoms with Crippen LogP contribution in [0.1, 0.15) is 26.7 Å². The monoisotopic (exact) mass is 173 g/mol. The standard InChI is InChI=1S/C9H16FNO/c1-7(2)5-8(12)9(10)3-4-11-6-9/h7,11H,3-6H2,1-2H3. The third-order valence-electron chi connectivity index (χ3n) is 2.20. The number of hydrogen-bond donors (Lipinski definition) is 1. The van der Waals surface area contributed by atoms with Crippen LogP contribution in [-0.2, 0) is 4.79 Å². The van der Waals surface area contributed by atoms with Crippen LogP contribution in [0.25, 0.3) is 0 Å². The molecule has 0 aromatic rings. The molecule has 1 atom stereocenters. The van der Waals surface area contributed by atoms with Gasteiger partial charge in [0.25, 0.3) is 0 Å². The third-order valence-corrected chi connectivity index (χ3v) is 2.20. The molecule has 0 saturated carbocycles. The first kappa shape index (κ1) is 9.65. The van der Waals surface area contributed by atoms with Gasteiger partial charge in [0.1, 0.15) is 0 Å². The van der Waals surface area contributed by atoms with Crippen LogP contribution in [0.15, 0.2) is 0 Å². The van der Waals surface area contributed by atoms with Crippen molar-refractivity contribution in [3.05, 3.63) is 0 Å². The van der Waals surface area contributed by atoms with Gasteiger partial charge in [0.15, 0.2) is 11.5 Å². The topological polar surface area (TPSA) is 29.1 Å². The summed E-state index contributed by atoms with van der Waals surface area (Å²) in [6.45, 7) is 4.70. The molecule has 1 N–H and O–H groups in total. The van der Waals surface area contributed by atoms with Crippen LogP contribution in [0, 0.1) is 5.92 Å². The van der Waals surface area contributed by atoms with Gasteiger partial charge in [0.2, 0.25) is 0 Å². The minimum Gasteiger partial charge on any atom is -0.313 e. The molecule has 1 fully saturated rings. The van der Waals surface area contributed by atoms with E-state index in [0.29, 0.717) is 19.4 Å². The van der Waals surface area contributed by atoms with Crippen molar-refractivity contribution in [1.82, 2.24) is 5.32 Å². The van der Waals surface area contributed by atoms with Crippen molar-refractivity contribution in [3.63, 3.8) is 0 Å². The van der Waals surface area contributed by atoms with Gasteiger partial charge in [-0.05, 0) is 12.5 Å². The second-order valence-electron chi connectivity index (χ2n) is 3.91. The summed E-state index contributed by atoms with van der Waals surface area (Å²) in [6.07, 6.45) is 0.705. The van der Waals surface area contributed by atoms with Gasteiger partial charge in [-0.15, -0.1) is 0 Å². The fraction of sp³-hybridized carbons (Fsp3) is 0.889. The van der Waals surface area contributed by atoms with Crippen LogP contribution < -0.4 is 5.32 Å². The molecule has 1 heterocycles. The Balaban J connectivity index is 2.50. The van der Waals surface area contributed by atoms with E-state index in [4.69, 9.17) is 0 Å². The smallest absolute Gasteiger partial charge is 0.182 e. The third kappa shape index (κ3) is 2.03. The highest BCUT2D eigenvalue weighted by atomic mass is 19.1. The first-order valence-electron chi connectivity index (χ1n) is 4.47. The average molecular weight is 173 g/mol. The first-order valence-corrected chi connectivity index (χ1v) is 4.47. The molecule has 1 rings (SSSR count). The van der Waals surface area contributed by atoms with Gasteiger partial charge < -0.3 is 5.32 Å². The largest absolute Gasteiger partial charge is 0.313 e. The van der Waals surface area contributed by atoms with E-state index < -0.39 is 5.67 Å². The van der Waals surface area contributed by atoms with Crippen LogP contribution in [0.2, 0.25) is 0 Å². The zero-order valence-corrected chi connectivity index (χ0v) is 7.69. The average Bonchev–Trinajstić information content (AvgIpc) is 2.36. The number of carbonyl (C=O) groups excluding carboxylic acids is 1. The van der Waals surface area contributed by atoms with E-state index in [1.807, 2.05) is 13.8 Å². The van der Waals surface area contributed by atoms with Crippen molar-refractivity contribution >= 4 is 5.78 Å². The molecule has 0 aliphatic carbocycles. The highest BCUT2D eigenvalue weighted by Gasteiger charge is 2.40. The number of rotatable bonds is 3. The van der Waals surface area contributed by atoms with Gasteiger partial charge in [-0.1, -0.05) is 13.8 Å². The van der Waals surface area contributed by atoms with E-state index in [-0.39, 0.29) is 18.2 Å². The van der Waals surface area contributed by atoms with E-state index in [2.05, 4.69) is 5.32 Å². The summed E-state index contributed by atoms with van der Waals surface area (Å²) in [6, 6.07) is 0. The molecule has 70 valence electrons. The number of nitrogens with one attached hydrogen (secondary N) is 1. The molecule has 0 aromatic carbocycles. The summed E-state index contributed by atoms with van der Waals surface area (Å²) < 4.78 is 13.7. The molecule has 0 aromatic heterocycles. The lowest BCUT2D eigenvalue weighted by Crippen LogP contribution is -2.36. The quantitative estimate of drug-likeness (QED) is 0.697. The molecule has 1 unspecified atom stereocenters. The summed E-state index contributed by atoms with van der Waals surface area (Å²) in [4.78, 5) is 11.4. The second kappa shape index (κ2) is 3.52. The van der Waals surface area contributed by atoms with Gasteiger partial charge in [-0.2, -0.15) is 0 Å². The summed E-state index contributed by atoms with van der Waals surface area (Å²) in [5.74, 6) is 0.0215. The maximum atomic E-state index is 13.7. The SMILES string of the molecule is CC(C)CC(=O)C1(F)CCNC1. The molecule has 0 radical (unpaired) electrons. The molecular weight excluding hydrogens is 157 g/mol. The normalized spacial score (nSPS) is 29.7. The van der Waals surface area contributed by atoms with Crippen molar-refractivity contribution < 1.29 is 9.18 Å². The number of ketones is 1. The fourth-order valence-electron chi connectivity index (χ4n) is 1.45. The minimum absolute atomic E-state index is 0.207. The van der Waals surface area contributed by atoms with Crippen molar-refractivity contribution in [3.8, 4) is 0 Å². The van der Waals surface area contributed by atoms with E-state index in [9.17, 15) is 9.18 Å². The maximum absolute atomic E-state index is 13.7. The molecular formula is C9H16FNO. The summed E-state index contributed by atoms with van der Waals surface area (Å²) in [5.41, 5.74) is -1.57. The van der Waals surface area contributed by atoms with Crippen LogP contribution in [0.4, 0.5) is 4.39 Å². The zero-order chi connectivity index (χ0) is 9.19. The van der Waals surface area contributed by atoms with Gasteiger partial charge in [-0.25, -0.2) is 4.39 Å². The Morgan fingerprint density at radius 1 is 1.67 bits per heavy atom. The van der Waals surface area contributed by atoms with Gasteiger partial charge in [-0.3, -0.25) is 4.79 Å². The highest BCUT2D eigenvalue weighted by molar-refractivity contribution is 5.88. The lowest BCUT2D eigenvalue weighted by atomic mass is 9.93. The van der Waals surface area contributed by atoms with Crippen molar-refractivity contribution in [2.75, 3.05) is 13.1 Å². The molecule has 2 nitrogen and oxygen atoms in total. The molecule has 0 amide bonds. The summed E-state index contributed by atoms with van der Waals surface area (Å²) in [5, 5.41) is 2.87. The van der Waals surface area contributed by atoms with Crippen LogP contribution >= 0.6 is 0 Å². The van der Waals surface area contributed by atoms with E-state index in [0.717, 1.165) is 0 Å². The fourth-order valence-corrected chi connectivity index (χ4v) is 1.45. The Kier molecular flexibility index (Phi) is 2.83. The lowest BCUT2D eigenvalue weighted by Gasteiger charge is -2.17.